The normalized spacial score (nSPS) is 32.6. The first-order valence-corrected chi connectivity index (χ1v) is 12.0. The molecule has 0 radical (unpaired) electrons. The number of unbranched alkanes of at least 4 members (excludes halogenated alkanes) is 1. The predicted molar refractivity (Wildman–Crippen MR) is 122 cm³/mol. The van der Waals surface area contributed by atoms with Gasteiger partial charge in [0.2, 0.25) is 11.8 Å². The van der Waals surface area contributed by atoms with E-state index in [-0.39, 0.29) is 25.0 Å². The number of rotatable bonds is 6. The number of hydrogen-bond acceptors (Lipinski definition) is 6. The number of esters is 1. The summed E-state index contributed by atoms with van der Waals surface area (Å²) in [4.78, 5) is 44.1. The van der Waals surface area contributed by atoms with Gasteiger partial charge in [-0.3, -0.25) is 14.4 Å². The van der Waals surface area contributed by atoms with E-state index in [0.717, 1.165) is 5.56 Å². The second-order valence-electron chi connectivity index (χ2n) is 9.30. The first-order chi connectivity index (χ1) is 16.6. The maximum absolute atomic E-state index is 14.0. The van der Waals surface area contributed by atoms with Crippen molar-refractivity contribution in [2.45, 2.75) is 43.6 Å². The molecule has 4 heterocycles. The number of likely N-dealkylation sites (tertiary alicyclic amines) is 1. The summed E-state index contributed by atoms with van der Waals surface area (Å²) in [6.07, 6.45) is 8.49. The number of fused-ring (bicyclic) bond motifs is 2. The van der Waals surface area contributed by atoms with Crippen LogP contribution < -0.4 is 0 Å². The number of cyclic esters (lactones) is 1. The Bertz CT molecular complexity index is 1010. The zero-order valence-electron chi connectivity index (χ0n) is 19.0. The Morgan fingerprint density at radius 2 is 1.88 bits per heavy atom. The fourth-order valence-electron chi connectivity index (χ4n) is 5.73. The second-order valence-corrected chi connectivity index (χ2v) is 9.30. The summed E-state index contributed by atoms with van der Waals surface area (Å²) in [5.74, 6) is -2.54. The summed E-state index contributed by atoms with van der Waals surface area (Å²) < 4.78 is 11.9. The molecule has 180 valence electrons. The van der Waals surface area contributed by atoms with E-state index < -0.39 is 35.6 Å². The highest BCUT2D eigenvalue weighted by atomic mass is 16.6. The van der Waals surface area contributed by atoms with Crippen LogP contribution in [0.25, 0.3) is 0 Å². The molecule has 1 unspecified atom stereocenters. The largest absolute Gasteiger partial charge is 0.465 e. The van der Waals surface area contributed by atoms with Crippen molar-refractivity contribution < 1.29 is 29.0 Å². The van der Waals surface area contributed by atoms with E-state index in [1.807, 2.05) is 54.6 Å². The number of nitrogens with zero attached hydrogens (tertiary/aromatic N) is 2. The summed E-state index contributed by atoms with van der Waals surface area (Å²) in [6.45, 7) is 1.38. The van der Waals surface area contributed by atoms with Crippen LogP contribution in [0.15, 0.2) is 54.6 Å². The van der Waals surface area contributed by atoms with Crippen LogP contribution in [-0.4, -0.2) is 76.7 Å². The monoisotopic (exact) mass is 466 g/mol. The van der Waals surface area contributed by atoms with Crippen molar-refractivity contribution in [1.82, 2.24) is 9.80 Å². The van der Waals surface area contributed by atoms with Crippen LogP contribution in [0, 0.1) is 11.8 Å². The number of carbonyl (C=O) groups is 3. The highest BCUT2D eigenvalue weighted by Gasteiger charge is 2.71. The van der Waals surface area contributed by atoms with E-state index in [2.05, 4.69) is 0 Å². The Labute approximate surface area is 198 Å². The standard InChI is InChI=1S/C26H30N2O6/c29-15-6-5-14-28-22-24(31)27(17-18-9-2-1-3-10-18)13-8-12-26(22)21(23(28)30)20-19(34-26)11-4-7-16-33-25(20)32/h1-4,8-12,19-22,29H,5-7,13-17H2/t19-,20+,21+,22?,26+/m1/s1. The lowest BCUT2D eigenvalue weighted by Gasteiger charge is -2.35. The molecule has 2 saturated heterocycles. The van der Waals surface area contributed by atoms with Crippen LogP contribution in [0.3, 0.4) is 0 Å². The molecule has 1 spiro atoms. The lowest BCUT2D eigenvalue weighted by molar-refractivity contribution is -0.155. The van der Waals surface area contributed by atoms with E-state index in [4.69, 9.17) is 9.47 Å². The van der Waals surface area contributed by atoms with Gasteiger partial charge in [0.25, 0.3) is 0 Å². The highest BCUT2D eigenvalue weighted by molar-refractivity contribution is 5.99. The molecule has 2 fully saturated rings. The average molecular weight is 467 g/mol. The first-order valence-electron chi connectivity index (χ1n) is 12.0. The van der Waals surface area contributed by atoms with Crippen LogP contribution >= 0.6 is 0 Å². The molecule has 0 aliphatic carbocycles. The van der Waals surface area contributed by atoms with Gasteiger partial charge in [-0.05, 0) is 24.8 Å². The van der Waals surface area contributed by atoms with E-state index >= 15 is 0 Å². The lowest BCUT2D eigenvalue weighted by Crippen LogP contribution is -2.55. The Morgan fingerprint density at radius 3 is 2.68 bits per heavy atom. The Balaban J connectivity index is 1.54. The number of ether oxygens (including phenoxy) is 2. The van der Waals surface area contributed by atoms with Crippen molar-refractivity contribution in [1.29, 1.82) is 0 Å². The minimum atomic E-state index is -1.23. The Hall–Kier alpha value is -2.97. The van der Waals surface area contributed by atoms with Gasteiger partial charge in [-0.15, -0.1) is 0 Å². The van der Waals surface area contributed by atoms with Crippen molar-refractivity contribution in [2.24, 2.45) is 11.8 Å². The van der Waals surface area contributed by atoms with Gasteiger partial charge in [-0.25, -0.2) is 0 Å². The van der Waals surface area contributed by atoms with E-state index in [1.54, 1.807) is 9.80 Å². The predicted octanol–water partition coefficient (Wildman–Crippen LogP) is 1.44. The molecule has 4 aliphatic heterocycles. The smallest absolute Gasteiger partial charge is 0.312 e. The fraction of sp³-hybridized carbons (Fsp3) is 0.500. The zero-order valence-corrected chi connectivity index (χ0v) is 19.0. The number of hydrogen-bond donors (Lipinski definition) is 1. The molecule has 34 heavy (non-hydrogen) atoms. The molecule has 0 aromatic heterocycles. The molecule has 8 nitrogen and oxygen atoms in total. The van der Waals surface area contributed by atoms with Crippen molar-refractivity contribution >= 4 is 17.8 Å². The van der Waals surface area contributed by atoms with Gasteiger partial charge in [0, 0.05) is 26.2 Å². The maximum atomic E-state index is 14.0. The van der Waals surface area contributed by atoms with Gasteiger partial charge >= 0.3 is 5.97 Å². The minimum Gasteiger partial charge on any atom is -0.465 e. The van der Waals surface area contributed by atoms with Gasteiger partial charge in [0.15, 0.2) is 0 Å². The van der Waals surface area contributed by atoms with Crippen molar-refractivity contribution in [3.63, 3.8) is 0 Å². The third-order valence-corrected chi connectivity index (χ3v) is 7.23. The number of aliphatic hydroxyl groups excluding tert-OH is 1. The van der Waals surface area contributed by atoms with Gasteiger partial charge in [0.05, 0.1) is 18.6 Å². The number of amides is 2. The number of benzene rings is 1. The number of aliphatic hydroxyl groups is 1. The van der Waals surface area contributed by atoms with Crippen LogP contribution in [0.2, 0.25) is 0 Å². The molecule has 8 heteroatoms. The molecule has 2 amide bonds. The second kappa shape index (κ2) is 9.35. The molecule has 5 atom stereocenters. The molecule has 5 rings (SSSR count). The number of carbonyl (C=O) groups excluding carboxylic acids is 3. The summed E-state index contributed by atoms with van der Waals surface area (Å²) in [5, 5.41) is 9.27. The fourth-order valence-corrected chi connectivity index (χ4v) is 5.73. The summed E-state index contributed by atoms with van der Waals surface area (Å²) in [7, 11) is 0. The molecule has 4 aliphatic rings. The topological polar surface area (TPSA) is 96.4 Å². The van der Waals surface area contributed by atoms with Gasteiger partial charge < -0.3 is 24.4 Å². The van der Waals surface area contributed by atoms with Gasteiger partial charge in [0.1, 0.15) is 17.6 Å². The Kier molecular flexibility index (Phi) is 6.27. The van der Waals surface area contributed by atoms with Crippen molar-refractivity contribution in [3.8, 4) is 0 Å². The average Bonchev–Trinajstić information content (AvgIpc) is 3.21. The van der Waals surface area contributed by atoms with Crippen molar-refractivity contribution in [2.75, 3.05) is 26.3 Å². The highest BCUT2D eigenvalue weighted by Crippen LogP contribution is 2.53. The SMILES string of the molecule is O=C1OCCC=C[C@H]2O[C@]34C=CCN(Cc5ccccc5)C(=O)C3N(CCCCO)C(=O)[C@@H]4[C@@H]12. The summed E-state index contributed by atoms with van der Waals surface area (Å²) >= 11 is 0. The Morgan fingerprint density at radius 1 is 1.06 bits per heavy atom. The summed E-state index contributed by atoms with van der Waals surface area (Å²) in [5.41, 5.74) is -0.240. The molecule has 0 bridgehead atoms. The third kappa shape index (κ3) is 3.75. The van der Waals surface area contributed by atoms with Crippen LogP contribution in [0.5, 0.6) is 0 Å². The molecule has 1 N–H and O–H groups in total. The molecule has 0 saturated carbocycles. The molecule has 1 aromatic rings. The van der Waals surface area contributed by atoms with Gasteiger partial charge in [-0.2, -0.15) is 0 Å². The van der Waals surface area contributed by atoms with Crippen LogP contribution in [0.1, 0.15) is 24.8 Å². The minimum absolute atomic E-state index is 0.00751. The summed E-state index contributed by atoms with van der Waals surface area (Å²) in [6, 6.07) is 8.85. The first kappa shape index (κ1) is 22.8. The molecular weight excluding hydrogens is 436 g/mol. The van der Waals surface area contributed by atoms with Crippen LogP contribution in [0.4, 0.5) is 0 Å². The quantitative estimate of drug-likeness (QED) is 0.387. The van der Waals surface area contributed by atoms with Crippen LogP contribution in [-0.2, 0) is 30.4 Å². The maximum Gasteiger partial charge on any atom is 0.312 e. The van der Waals surface area contributed by atoms with E-state index in [0.29, 0.717) is 38.9 Å². The zero-order chi connectivity index (χ0) is 23.7. The lowest BCUT2D eigenvalue weighted by atomic mass is 9.77. The van der Waals surface area contributed by atoms with Gasteiger partial charge in [-0.1, -0.05) is 54.6 Å². The van der Waals surface area contributed by atoms with Crippen molar-refractivity contribution in [3.05, 3.63) is 60.2 Å². The molecule has 1 aromatic carbocycles. The molecular formula is C26H30N2O6. The third-order valence-electron chi connectivity index (χ3n) is 7.23. The van der Waals surface area contributed by atoms with E-state index in [1.165, 1.54) is 0 Å². The van der Waals surface area contributed by atoms with E-state index in [9.17, 15) is 19.5 Å².